The van der Waals surface area contributed by atoms with Gasteiger partial charge in [0.15, 0.2) is 16.7 Å². The predicted molar refractivity (Wildman–Crippen MR) is 98.7 cm³/mol. The molecule has 0 unspecified atom stereocenters. The minimum absolute atomic E-state index is 0.0455. The zero-order valence-corrected chi connectivity index (χ0v) is 15.2. The molecule has 28 heavy (non-hydrogen) atoms. The van der Waals surface area contributed by atoms with Crippen LogP contribution in [-0.4, -0.2) is 21.2 Å². The topological polar surface area (TPSA) is 64.0 Å². The summed E-state index contributed by atoms with van der Waals surface area (Å²) in [7, 11) is 0. The maximum Gasteiger partial charge on any atom is 0.287 e. The van der Waals surface area contributed by atoms with E-state index in [0.29, 0.717) is 0 Å². The lowest BCUT2D eigenvalue weighted by atomic mass is 10.2. The van der Waals surface area contributed by atoms with E-state index in [1.165, 1.54) is 30.6 Å². The van der Waals surface area contributed by atoms with Gasteiger partial charge in [0.2, 0.25) is 5.91 Å². The number of rotatable bonds is 6. The first-order valence-corrected chi connectivity index (χ1v) is 9.09. The van der Waals surface area contributed by atoms with Gasteiger partial charge in [-0.25, -0.2) is 18.2 Å². The van der Waals surface area contributed by atoms with E-state index < -0.39 is 17.2 Å². The molecule has 0 aliphatic carbocycles. The number of nitrogens with zero attached hydrogens (tertiary/aromatic N) is 2. The van der Waals surface area contributed by atoms with E-state index in [9.17, 15) is 22.8 Å². The minimum atomic E-state index is -1.07. The Morgan fingerprint density at radius 3 is 2.54 bits per heavy atom. The fourth-order valence-electron chi connectivity index (χ4n) is 2.32. The van der Waals surface area contributed by atoms with E-state index in [1.54, 1.807) is 12.1 Å². The number of carbonyl (C=O) groups excluding carboxylic acids is 1. The van der Waals surface area contributed by atoms with Gasteiger partial charge in [-0.1, -0.05) is 23.9 Å². The molecule has 1 heterocycles. The molecule has 3 aromatic rings. The van der Waals surface area contributed by atoms with E-state index in [1.807, 2.05) is 0 Å². The van der Waals surface area contributed by atoms with Crippen LogP contribution in [0.5, 0.6) is 0 Å². The highest BCUT2D eigenvalue weighted by Gasteiger charge is 2.11. The highest BCUT2D eigenvalue weighted by molar-refractivity contribution is 7.99. The number of aromatic nitrogens is 2. The second-order valence-electron chi connectivity index (χ2n) is 5.70. The third-order valence-electron chi connectivity index (χ3n) is 3.73. The molecular weight excluding hydrogens is 391 g/mol. The Kier molecular flexibility index (Phi) is 6.15. The van der Waals surface area contributed by atoms with Gasteiger partial charge >= 0.3 is 0 Å². The molecule has 1 aromatic heterocycles. The SMILES string of the molecule is O=C(CSc1nccn(-c2ccc(F)c(F)c2)c1=O)NCc1ccc(F)cc1. The van der Waals surface area contributed by atoms with Crippen molar-refractivity contribution < 1.29 is 18.0 Å². The number of thioether (sulfide) groups is 1. The Morgan fingerprint density at radius 2 is 1.82 bits per heavy atom. The van der Waals surface area contributed by atoms with E-state index >= 15 is 0 Å². The molecular formula is C19H14F3N3O2S. The van der Waals surface area contributed by atoms with Crippen LogP contribution in [0.2, 0.25) is 0 Å². The summed E-state index contributed by atoms with van der Waals surface area (Å²) in [6, 6.07) is 8.80. The maximum absolute atomic E-state index is 13.4. The van der Waals surface area contributed by atoms with Crippen LogP contribution >= 0.6 is 11.8 Å². The molecule has 144 valence electrons. The number of halogens is 3. The van der Waals surface area contributed by atoms with Crippen LogP contribution in [0.4, 0.5) is 13.2 Å². The summed E-state index contributed by atoms with van der Waals surface area (Å²) in [4.78, 5) is 28.4. The molecule has 0 saturated carbocycles. The second kappa shape index (κ2) is 8.75. The van der Waals surface area contributed by atoms with Crippen LogP contribution in [0.15, 0.2) is 64.7 Å². The Morgan fingerprint density at radius 1 is 1.07 bits per heavy atom. The number of benzene rings is 2. The molecule has 1 N–H and O–H groups in total. The molecule has 0 radical (unpaired) electrons. The number of hydrogen-bond acceptors (Lipinski definition) is 4. The molecule has 0 fully saturated rings. The monoisotopic (exact) mass is 405 g/mol. The Labute approximate surface area is 162 Å². The van der Waals surface area contributed by atoms with E-state index in [4.69, 9.17) is 0 Å². The molecule has 0 saturated heterocycles. The van der Waals surface area contributed by atoms with Crippen LogP contribution < -0.4 is 10.9 Å². The fraction of sp³-hybridized carbons (Fsp3) is 0.105. The van der Waals surface area contributed by atoms with Gasteiger partial charge in [0, 0.05) is 25.0 Å². The number of hydrogen-bond donors (Lipinski definition) is 1. The first-order valence-electron chi connectivity index (χ1n) is 8.11. The van der Waals surface area contributed by atoms with Gasteiger partial charge in [-0.15, -0.1) is 0 Å². The van der Waals surface area contributed by atoms with Crippen molar-refractivity contribution in [2.75, 3.05) is 5.75 Å². The summed E-state index contributed by atoms with van der Waals surface area (Å²) < 4.78 is 40.5. The molecule has 5 nitrogen and oxygen atoms in total. The standard InChI is InChI=1S/C19H14F3N3O2S/c20-13-3-1-12(2-4-13)10-24-17(26)11-28-18-19(27)25(8-7-23-18)14-5-6-15(21)16(22)9-14/h1-9H,10-11H2,(H,24,26). The van der Waals surface area contributed by atoms with E-state index in [-0.39, 0.29) is 34.7 Å². The Bertz CT molecular complexity index is 1060. The van der Waals surface area contributed by atoms with E-state index in [0.717, 1.165) is 34.0 Å². The number of carbonyl (C=O) groups is 1. The van der Waals surface area contributed by atoms with Crippen molar-refractivity contribution in [1.29, 1.82) is 0 Å². The molecule has 1 amide bonds. The predicted octanol–water partition coefficient (Wildman–Crippen LogP) is 3.06. The fourth-order valence-corrected chi connectivity index (χ4v) is 3.05. The summed E-state index contributed by atoms with van der Waals surface area (Å²) in [5.74, 6) is -2.85. The third-order valence-corrected chi connectivity index (χ3v) is 4.69. The van der Waals surface area contributed by atoms with Crippen LogP contribution in [-0.2, 0) is 11.3 Å². The van der Waals surface area contributed by atoms with Gasteiger partial charge in [-0.3, -0.25) is 14.2 Å². The van der Waals surface area contributed by atoms with Gasteiger partial charge in [0.1, 0.15) is 5.82 Å². The van der Waals surface area contributed by atoms with Crippen molar-refractivity contribution in [3.63, 3.8) is 0 Å². The smallest absolute Gasteiger partial charge is 0.287 e. The molecule has 2 aromatic carbocycles. The minimum Gasteiger partial charge on any atom is -0.351 e. The zero-order chi connectivity index (χ0) is 20.1. The first kappa shape index (κ1) is 19.7. The molecule has 0 aliphatic heterocycles. The maximum atomic E-state index is 13.4. The molecule has 0 atom stereocenters. The molecule has 3 rings (SSSR count). The number of nitrogens with one attached hydrogen (secondary N) is 1. The Hall–Kier alpha value is -3.07. The molecule has 0 spiro atoms. The van der Waals surface area contributed by atoms with Gasteiger partial charge < -0.3 is 5.32 Å². The Balaban J connectivity index is 1.64. The third kappa shape index (κ3) is 4.80. The van der Waals surface area contributed by atoms with Crippen molar-refractivity contribution >= 4 is 17.7 Å². The van der Waals surface area contributed by atoms with Crippen molar-refractivity contribution in [2.45, 2.75) is 11.6 Å². The van der Waals surface area contributed by atoms with E-state index in [2.05, 4.69) is 10.3 Å². The summed E-state index contributed by atoms with van der Waals surface area (Å²) in [5, 5.41) is 2.70. The van der Waals surface area contributed by atoms with Crippen molar-refractivity contribution in [3.8, 4) is 5.69 Å². The van der Waals surface area contributed by atoms with Crippen LogP contribution in [0.25, 0.3) is 5.69 Å². The molecule has 0 aliphatic rings. The van der Waals surface area contributed by atoms with Crippen molar-refractivity contribution in [2.24, 2.45) is 0 Å². The quantitative estimate of drug-likeness (QED) is 0.641. The summed E-state index contributed by atoms with van der Waals surface area (Å²) >= 11 is 0.925. The number of amides is 1. The van der Waals surface area contributed by atoms with Crippen LogP contribution in [0.1, 0.15) is 5.56 Å². The summed E-state index contributed by atoms with van der Waals surface area (Å²) in [6.45, 7) is 0.223. The van der Waals surface area contributed by atoms with Crippen LogP contribution in [0.3, 0.4) is 0 Å². The average Bonchev–Trinajstić information content (AvgIpc) is 2.69. The summed E-state index contributed by atoms with van der Waals surface area (Å²) in [5.41, 5.74) is 0.331. The van der Waals surface area contributed by atoms with Crippen molar-refractivity contribution in [3.05, 3.63) is 88.2 Å². The molecule has 9 heteroatoms. The second-order valence-corrected chi connectivity index (χ2v) is 6.66. The summed E-state index contributed by atoms with van der Waals surface area (Å²) in [6.07, 6.45) is 2.66. The van der Waals surface area contributed by atoms with Gasteiger partial charge in [0.25, 0.3) is 5.56 Å². The van der Waals surface area contributed by atoms with Gasteiger partial charge in [0.05, 0.1) is 11.4 Å². The molecule has 0 bridgehead atoms. The zero-order valence-electron chi connectivity index (χ0n) is 14.4. The first-order chi connectivity index (χ1) is 13.4. The lowest BCUT2D eigenvalue weighted by Gasteiger charge is -2.08. The normalized spacial score (nSPS) is 10.7. The average molecular weight is 405 g/mol. The van der Waals surface area contributed by atoms with Gasteiger partial charge in [-0.2, -0.15) is 0 Å². The largest absolute Gasteiger partial charge is 0.351 e. The lowest BCUT2D eigenvalue weighted by Crippen LogP contribution is -2.26. The highest BCUT2D eigenvalue weighted by Crippen LogP contribution is 2.14. The highest BCUT2D eigenvalue weighted by atomic mass is 32.2. The lowest BCUT2D eigenvalue weighted by molar-refractivity contribution is -0.118. The van der Waals surface area contributed by atoms with Crippen LogP contribution in [0, 0.1) is 17.5 Å². The van der Waals surface area contributed by atoms with Crippen molar-refractivity contribution in [1.82, 2.24) is 14.9 Å². The van der Waals surface area contributed by atoms with Gasteiger partial charge in [-0.05, 0) is 29.8 Å².